The van der Waals surface area contributed by atoms with E-state index >= 15 is 0 Å². The predicted molar refractivity (Wildman–Crippen MR) is 120 cm³/mol. The summed E-state index contributed by atoms with van der Waals surface area (Å²) < 4.78 is 0. The van der Waals surface area contributed by atoms with Crippen LogP contribution in [0.4, 0.5) is 0 Å². The zero-order valence-corrected chi connectivity index (χ0v) is 18.0. The van der Waals surface area contributed by atoms with Crippen LogP contribution < -0.4 is 0 Å². The Balaban J connectivity index is 1.77. The average molecular weight is 363 g/mol. The first-order valence-corrected chi connectivity index (χ1v) is 11.3. The van der Waals surface area contributed by atoms with Crippen molar-refractivity contribution in [1.82, 2.24) is 0 Å². The molecule has 0 radical (unpaired) electrons. The van der Waals surface area contributed by atoms with Crippen molar-refractivity contribution < 1.29 is 0 Å². The Hall–Kier alpha value is -1.56. The third-order valence-electron chi connectivity index (χ3n) is 6.44. The molecule has 146 valence electrons. The van der Waals surface area contributed by atoms with Gasteiger partial charge in [-0.2, -0.15) is 0 Å². The van der Waals surface area contributed by atoms with E-state index in [-0.39, 0.29) is 5.41 Å². The van der Waals surface area contributed by atoms with Gasteiger partial charge in [-0.3, -0.25) is 0 Å². The van der Waals surface area contributed by atoms with E-state index in [1.807, 2.05) is 0 Å². The molecule has 2 aromatic rings. The molecule has 1 aliphatic rings. The summed E-state index contributed by atoms with van der Waals surface area (Å²) in [5.74, 6) is 0. The monoisotopic (exact) mass is 362 g/mol. The smallest absolute Gasteiger partial charge is 0.0159 e. The van der Waals surface area contributed by atoms with Gasteiger partial charge in [0.2, 0.25) is 0 Å². The van der Waals surface area contributed by atoms with E-state index < -0.39 is 0 Å². The average Bonchev–Trinajstić information content (AvgIpc) is 2.89. The van der Waals surface area contributed by atoms with Crippen LogP contribution in [0.3, 0.4) is 0 Å². The van der Waals surface area contributed by atoms with Crippen LogP contribution in [0.25, 0.3) is 11.1 Å². The van der Waals surface area contributed by atoms with Gasteiger partial charge in [0.15, 0.2) is 0 Å². The van der Waals surface area contributed by atoms with Crippen LogP contribution in [-0.2, 0) is 18.3 Å². The lowest BCUT2D eigenvalue weighted by molar-refractivity contribution is 0.647. The summed E-state index contributed by atoms with van der Waals surface area (Å²) in [6.07, 6.45) is 13.2. The summed E-state index contributed by atoms with van der Waals surface area (Å²) in [6, 6.07) is 14.5. The summed E-state index contributed by atoms with van der Waals surface area (Å²) in [5, 5.41) is 0. The molecule has 0 N–H and O–H groups in total. The van der Waals surface area contributed by atoms with E-state index in [0.717, 1.165) is 0 Å². The van der Waals surface area contributed by atoms with Crippen LogP contribution in [-0.4, -0.2) is 0 Å². The maximum Gasteiger partial charge on any atom is 0.0159 e. The van der Waals surface area contributed by atoms with E-state index in [2.05, 4.69) is 64.1 Å². The molecule has 2 aromatic carbocycles. The van der Waals surface area contributed by atoms with Gasteiger partial charge in [-0.1, -0.05) is 103 Å². The maximum atomic E-state index is 2.50. The van der Waals surface area contributed by atoms with E-state index in [9.17, 15) is 0 Å². The summed E-state index contributed by atoms with van der Waals surface area (Å²) in [4.78, 5) is 0. The Morgan fingerprint density at radius 2 is 1.04 bits per heavy atom. The third-order valence-corrected chi connectivity index (χ3v) is 6.44. The minimum atomic E-state index is 0.128. The second kappa shape index (κ2) is 9.09. The molecule has 0 aromatic heterocycles. The number of unbranched alkanes of at least 4 members (excludes halogenated alkanes) is 6. The second-order valence-corrected chi connectivity index (χ2v) is 9.01. The summed E-state index contributed by atoms with van der Waals surface area (Å²) >= 11 is 0. The first kappa shape index (κ1) is 20.2. The molecule has 0 saturated heterocycles. The highest BCUT2D eigenvalue weighted by Crippen LogP contribution is 2.49. The van der Waals surface area contributed by atoms with Crippen LogP contribution >= 0.6 is 0 Å². The standard InChI is InChI=1S/C27H38/c1-5-7-9-11-13-21-15-17-23-24-18-16-22(14-12-10-8-6-2)20-26(24)27(3,4)25(23)19-21/h15-20H,5-14H2,1-4H3. The molecule has 0 heterocycles. The highest BCUT2D eigenvalue weighted by molar-refractivity contribution is 5.81. The number of hydrogen-bond acceptors (Lipinski definition) is 0. The first-order valence-electron chi connectivity index (χ1n) is 11.3. The van der Waals surface area contributed by atoms with Crippen molar-refractivity contribution in [2.75, 3.05) is 0 Å². The minimum Gasteiger partial charge on any atom is -0.0654 e. The van der Waals surface area contributed by atoms with Crippen LogP contribution in [0.5, 0.6) is 0 Å². The quantitative estimate of drug-likeness (QED) is 0.373. The van der Waals surface area contributed by atoms with Crippen molar-refractivity contribution in [3.05, 3.63) is 58.7 Å². The molecular weight excluding hydrogens is 324 g/mol. The number of fused-ring (bicyclic) bond motifs is 3. The van der Waals surface area contributed by atoms with Crippen LogP contribution in [0.2, 0.25) is 0 Å². The predicted octanol–water partition coefficient (Wildman–Crippen LogP) is 8.24. The fraction of sp³-hybridized carbons (Fsp3) is 0.556. The van der Waals surface area contributed by atoms with Crippen molar-refractivity contribution in [3.8, 4) is 11.1 Å². The number of benzene rings is 2. The third kappa shape index (κ3) is 4.48. The SMILES string of the molecule is CCCCCCc1ccc2c(c1)C(C)(C)c1cc(CCCCCC)ccc1-2. The molecule has 0 heteroatoms. The Bertz CT molecular complexity index is 687. The molecule has 0 bridgehead atoms. The van der Waals surface area contributed by atoms with Gasteiger partial charge in [0.25, 0.3) is 0 Å². The summed E-state index contributed by atoms with van der Waals surface area (Å²) in [7, 11) is 0. The first-order chi connectivity index (χ1) is 13.1. The van der Waals surface area contributed by atoms with Crippen LogP contribution in [0, 0.1) is 0 Å². The van der Waals surface area contributed by atoms with Gasteiger partial charge in [0.05, 0.1) is 0 Å². The Labute approximate surface area is 167 Å². The molecule has 0 saturated carbocycles. The van der Waals surface area contributed by atoms with Crippen molar-refractivity contribution in [2.45, 2.75) is 97.3 Å². The normalized spacial score (nSPS) is 14.2. The lowest BCUT2D eigenvalue weighted by Crippen LogP contribution is -2.15. The fourth-order valence-electron chi connectivity index (χ4n) is 4.65. The van der Waals surface area contributed by atoms with E-state index in [4.69, 9.17) is 0 Å². The highest BCUT2D eigenvalue weighted by atomic mass is 14.4. The molecule has 0 fully saturated rings. The molecule has 1 aliphatic carbocycles. The van der Waals surface area contributed by atoms with Gasteiger partial charge in [-0.25, -0.2) is 0 Å². The molecule has 0 amide bonds. The van der Waals surface area contributed by atoms with Crippen LogP contribution in [0.1, 0.15) is 101 Å². The van der Waals surface area contributed by atoms with Gasteiger partial charge in [0, 0.05) is 5.41 Å². The Morgan fingerprint density at radius 1 is 0.593 bits per heavy atom. The highest BCUT2D eigenvalue weighted by Gasteiger charge is 2.35. The van der Waals surface area contributed by atoms with Crippen molar-refractivity contribution >= 4 is 0 Å². The lowest BCUT2D eigenvalue weighted by atomic mass is 9.81. The summed E-state index contributed by atoms with van der Waals surface area (Å²) in [5.41, 5.74) is 9.16. The molecule has 0 aliphatic heterocycles. The molecular formula is C27H38. The summed E-state index contributed by atoms with van der Waals surface area (Å²) in [6.45, 7) is 9.40. The van der Waals surface area contributed by atoms with Gasteiger partial charge < -0.3 is 0 Å². The zero-order chi connectivity index (χ0) is 19.3. The zero-order valence-electron chi connectivity index (χ0n) is 18.0. The van der Waals surface area contributed by atoms with E-state index in [0.29, 0.717) is 0 Å². The Morgan fingerprint density at radius 3 is 1.44 bits per heavy atom. The second-order valence-electron chi connectivity index (χ2n) is 9.01. The van der Waals surface area contributed by atoms with Gasteiger partial charge in [0.1, 0.15) is 0 Å². The van der Waals surface area contributed by atoms with Crippen molar-refractivity contribution in [1.29, 1.82) is 0 Å². The molecule has 0 atom stereocenters. The van der Waals surface area contributed by atoms with E-state index in [1.165, 1.54) is 97.6 Å². The number of rotatable bonds is 10. The number of hydrogen-bond donors (Lipinski definition) is 0. The van der Waals surface area contributed by atoms with Gasteiger partial charge >= 0.3 is 0 Å². The molecule has 27 heavy (non-hydrogen) atoms. The molecule has 0 unspecified atom stereocenters. The number of aryl methyl sites for hydroxylation is 2. The van der Waals surface area contributed by atoms with Crippen molar-refractivity contribution in [2.24, 2.45) is 0 Å². The van der Waals surface area contributed by atoms with Gasteiger partial charge in [-0.05, 0) is 59.1 Å². The van der Waals surface area contributed by atoms with Crippen LogP contribution in [0.15, 0.2) is 36.4 Å². The molecule has 3 rings (SSSR count). The van der Waals surface area contributed by atoms with Crippen molar-refractivity contribution in [3.63, 3.8) is 0 Å². The Kier molecular flexibility index (Phi) is 6.79. The lowest BCUT2D eigenvalue weighted by Gasteiger charge is -2.22. The maximum absolute atomic E-state index is 2.50. The van der Waals surface area contributed by atoms with E-state index in [1.54, 1.807) is 0 Å². The van der Waals surface area contributed by atoms with Gasteiger partial charge in [-0.15, -0.1) is 0 Å². The minimum absolute atomic E-state index is 0.128. The molecule has 0 spiro atoms. The largest absolute Gasteiger partial charge is 0.0654 e. The molecule has 0 nitrogen and oxygen atoms in total. The fourth-order valence-corrected chi connectivity index (χ4v) is 4.65. The topological polar surface area (TPSA) is 0 Å².